The minimum Gasteiger partial charge on any atom is -0.497 e. The minimum absolute atomic E-state index is 0.0581. The Labute approximate surface area is 233 Å². The maximum absolute atomic E-state index is 12.5. The lowest BCUT2D eigenvalue weighted by molar-refractivity contribution is -0.0817. The molecule has 4 heterocycles. The summed E-state index contributed by atoms with van der Waals surface area (Å²) in [5, 5.41) is 0. The maximum Gasteiger partial charge on any atom is 0.270 e. The number of nitrogens with one attached hydrogen (secondary N) is 1. The zero-order valence-electron chi connectivity index (χ0n) is 22.0. The Balaban J connectivity index is 1.22. The van der Waals surface area contributed by atoms with Crippen molar-refractivity contribution in [2.75, 3.05) is 26.6 Å². The molecule has 3 aromatic heterocycles. The molecule has 11 nitrogen and oxygen atoms in total. The first-order valence-corrected chi connectivity index (χ1v) is 13.6. The third-order valence-electron chi connectivity index (χ3n) is 6.90. The van der Waals surface area contributed by atoms with E-state index in [1.54, 1.807) is 20.5 Å². The molecule has 12 heteroatoms. The quantitative estimate of drug-likeness (QED) is 0.258. The van der Waals surface area contributed by atoms with Crippen molar-refractivity contribution in [3.05, 3.63) is 76.3 Å². The van der Waals surface area contributed by atoms with Crippen LogP contribution in [0.2, 0.25) is 0 Å². The number of hydrogen-bond acceptors (Lipinski definition) is 10. The molecule has 40 heavy (non-hydrogen) atoms. The Bertz CT molecular complexity index is 1660. The third kappa shape index (κ3) is 5.26. The van der Waals surface area contributed by atoms with Crippen LogP contribution in [0, 0.1) is 0 Å². The number of aromatic amines is 1. The summed E-state index contributed by atoms with van der Waals surface area (Å²) < 4.78 is 31.8. The van der Waals surface area contributed by atoms with Gasteiger partial charge in [-0.15, -0.1) is 11.3 Å². The van der Waals surface area contributed by atoms with E-state index in [1.165, 1.54) is 11.3 Å². The second kappa shape index (κ2) is 11.3. The third-order valence-corrected chi connectivity index (χ3v) is 7.98. The lowest BCUT2D eigenvalue weighted by Gasteiger charge is -2.19. The van der Waals surface area contributed by atoms with Gasteiger partial charge in [-0.25, -0.2) is 9.97 Å². The van der Waals surface area contributed by atoms with E-state index in [4.69, 9.17) is 29.4 Å². The van der Waals surface area contributed by atoms with Crippen molar-refractivity contribution >= 4 is 37.8 Å². The van der Waals surface area contributed by atoms with Crippen LogP contribution >= 0.6 is 11.3 Å². The number of imidazole rings is 1. The lowest BCUT2D eigenvalue weighted by atomic mass is 10.1. The van der Waals surface area contributed by atoms with Crippen LogP contribution in [0.5, 0.6) is 11.5 Å². The summed E-state index contributed by atoms with van der Waals surface area (Å²) in [6.07, 6.45) is 1.32. The number of anilines is 1. The van der Waals surface area contributed by atoms with Crippen LogP contribution in [0.1, 0.15) is 23.8 Å². The first kappa shape index (κ1) is 26.3. The molecule has 0 aliphatic carbocycles. The first-order chi connectivity index (χ1) is 19.5. The Morgan fingerprint density at radius 2 is 1.73 bits per heavy atom. The molecule has 0 spiro atoms. The molecule has 208 valence electrons. The molecular formula is C28H29N5O6S. The number of rotatable bonds is 10. The SMILES string of the molecule is COc1ccc(COC[C@H]2O[C@@H](n3cnc4sc5c(=O)[nH]c(N)nc5c43)C[C@H]2OCc2ccc(OC)cc2)cc1. The summed E-state index contributed by atoms with van der Waals surface area (Å²) in [6, 6.07) is 15.5. The number of methoxy groups -OCH3 is 2. The normalized spacial score (nSPS) is 19.0. The summed E-state index contributed by atoms with van der Waals surface area (Å²) in [7, 11) is 3.28. The number of nitrogens with two attached hydrogens (primary N) is 1. The van der Waals surface area contributed by atoms with E-state index in [-0.39, 0.29) is 29.9 Å². The van der Waals surface area contributed by atoms with Gasteiger partial charge in [-0.05, 0) is 35.4 Å². The number of ether oxygens (including phenoxy) is 5. The van der Waals surface area contributed by atoms with Crippen LogP contribution in [0.25, 0.3) is 20.6 Å². The van der Waals surface area contributed by atoms with Gasteiger partial charge in [0.25, 0.3) is 5.56 Å². The largest absolute Gasteiger partial charge is 0.497 e. The Morgan fingerprint density at radius 1 is 1.05 bits per heavy atom. The van der Waals surface area contributed by atoms with Gasteiger partial charge in [0, 0.05) is 6.42 Å². The molecule has 0 bridgehead atoms. The Hall–Kier alpha value is -3.97. The topological polar surface area (TPSA) is 136 Å². The summed E-state index contributed by atoms with van der Waals surface area (Å²) in [5.74, 6) is 1.64. The lowest BCUT2D eigenvalue weighted by Crippen LogP contribution is -2.29. The summed E-state index contributed by atoms with van der Waals surface area (Å²) in [4.78, 5) is 24.6. The summed E-state index contributed by atoms with van der Waals surface area (Å²) in [6.45, 7) is 1.17. The van der Waals surface area contributed by atoms with Gasteiger partial charge in [-0.1, -0.05) is 24.3 Å². The number of hydrogen-bond donors (Lipinski definition) is 2. The fourth-order valence-electron chi connectivity index (χ4n) is 4.83. The molecule has 3 N–H and O–H groups in total. The average molecular weight is 564 g/mol. The second-order valence-corrected chi connectivity index (χ2v) is 10.5. The van der Waals surface area contributed by atoms with Crippen LogP contribution in [0.3, 0.4) is 0 Å². The second-order valence-electron chi connectivity index (χ2n) is 9.46. The molecule has 1 aliphatic rings. The first-order valence-electron chi connectivity index (χ1n) is 12.8. The molecule has 1 saturated heterocycles. The molecule has 0 radical (unpaired) electrons. The summed E-state index contributed by atoms with van der Waals surface area (Å²) >= 11 is 1.28. The average Bonchev–Trinajstić information content (AvgIpc) is 3.67. The minimum atomic E-state index is -0.388. The van der Waals surface area contributed by atoms with Crippen molar-refractivity contribution in [2.24, 2.45) is 0 Å². The van der Waals surface area contributed by atoms with Crippen LogP contribution in [0.15, 0.2) is 59.7 Å². The number of nitrogen functional groups attached to an aromatic ring is 1. The maximum atomic E-state index is 12.5. The van der Waals surface area contributed by atoms with Crippen molar-refractivity contribution in [3.63, 3.8) is 0 Å². The van der Waals surface area contributed by atoms with Crippen molar-refractivity contribution < 1.29 is 23.7 Å². The van der Waals surface area contributed by atoms with E-state index < -0.39 is 0 Å². The molecule has 3 atom stereocenters. The van der Waals surface area contributed by atoms with Crippen LogP contribution in [0.4, 0.5) is 5.95 Å². The van der Waals surface area contributed by atoms with Gasteiger partial charge < -0.3 is 34.0 Å². The van der Waals surface area contributed by atoms with Crippen LogP contribution in [-0.4, -0.2) is 52.6 Å². The predicted octanol–water partition coefficient (Wildman–Crippen LogP) is 4.02. The van der Waals surface area contributed by atoms with Gasteiger partial charge >= 0.3 is 0 Å². The number of fused-ring (bicyclic) bond motifs is 3. The van der Waals surface area contributed by atoms with Gasteiger partial charge in [0.1, 0.15) is 44.4 Å². The molecule has 2 aromatic carbocycles. The predicted molar refractivity (Wildman–Crippen MR) is 151 cm³/mol. The monoisotopic (exact) mass is 563 g/mol. The van der Waals surface area contributed by atoms with Crippen molar-refractivity contribution in [3.8, 4) is 11.5 Å². The van der Waals surface area contributed by atoms with Crippen molar-refractivity contribution in [1.82, 2.24) is 19.5 Å². The number of H-pyrrole nitrogens is 1. The van der Waals surface area contributed by atoms with E-state index >= 15 is 0 Å². The number of benzene rings is 2. The summed E-state index contributed by atoms with van der Waals surface area (Å²) in [5.41, 5.74) is 8.85. The van der Waals surface area contributed by atoms with Crippen LogP contribution < -0.4 is 20.8 Å². The number of aromatic nitrogens is 4. The molecule has 5 aromatic rings. The number of nitrogens with zero attached hydrogens (tertiary/aromatic N) is 3. The molecular weight excluding hydrogens is 534 g/mol. The van der Waals surface area contributed by atoms with Gasteiger partial charge in [0.2, 0.25) is 5.95 Å². The van der Waals surface area contributed by atoms with E-state index in [9.17, 15) is 4.79 Å². The highest BCUT2D eigenvalue weighted by Crippen LogP contribution is 2.37. The fraction of sp³-hybridized carbons (Fsp3) is 0.321. The number of thiophene rings is 1. The highest BCUT2D eigenvalue weighted by molar-refractivity contribution is 7.25. The van der Waals surface area contributed by atoms with Gasteiger partial charge in [-0.3, -0.25) is 9.78 Å². The zero-order valence-corrected chi connectivity index (χ0v) is 22.8. The van der Waals surface area contributed by atoms with Gasteiger partial charge in [0.05, 0.1) is 46.5 Å². The van der Waals surface area contributed by atoms with E-state index in [0.717, 1.165) is 28.1 Å². The smallest absolute Gasteiger partial charge is 0.270 e. The molecule has 1 aliphatic heterocycles. The van der Waals surface area contributed by atoms with E-state index in [0.29, 0.717) is 41.3 Å². The zero-order chi connectivity index (χ0) is 27.6. The fourth-order valence-corrected chi connectivity index (χ4v) is 5.80. The van der Waals surface area contributed by atoms with Crippen LogP contribution in [-0.2, 0) is 27.4 Å². The highest BCUT2D eigenvalue weighted by atomic mass is 32.1. The van der Waals surface area contributed by atoms with Crippen molar-refractivity contribution in [1.29, 1.82) is 0 Å². The Kier molecular flexibility index (Phi) is 7.39. The molecule has 6 rings (SSSR count). The van der Waals surface area contributed by atoms with E-state index in [1.807, 2.05) is 53.1 Å². The standard InChI is InChI=1S/C28H29N5O6S/c1-35-18-7-3-16(4-8-18)12-37-14-21-20(38-13-17-5-9-19(36-2)10-6-17)11-22(39-21)33-15-30-27-24(33)23-25(40-27)26(34)32-28(29)31-23/h3-10,15,20-22H,11-14H2,1-2H3,(H3,29,31,32,34)/t20-,21-,22-/m1/s1. The molecule has 1 fully saturated rings. The Morgan fingerprint density at radius 3 is 2.40 bits per heavy atom. The molecule has 0 saturated carbocycles. The van der Waals surface area contributed by atoms with Crippen molar-refractivity contribution in [2.45, 2.75) is 38.1 Å². The highest BCUT2D eigenvalue weighted by Gasteiger charge is 2.38. The molecule has 0 amide bonds. The van der Waals surface area contributed by atoms with E-state index in [2.05, 4.69) is 15.0 Å². The van der Waals surface area contributed by atoms with Gasteiger partial charge in [0.15, 0.2) is 0 Å². The van der Waals surface area contributed by atoms with Gasteiger partial charge in [-0.2, -0.15) is 0 Å². The molecule has 0 unspecified atom stereocenters.